The number of hydrogen-bond acceptors (Lipinski definition) is 1. The third-order valence-corrected chi connectivity index (χ3v) is 4.19. The normalized spacial score (nSPS) is 12.8. The molecule has 1 rings (SSSR count). The first-order chi connectivity index (χ1) is 10.1. The van der Waals surface area contributed by atoms with Gasteiger partial charge in [0.2, 0.25) is 0 Å². The van der Waals surface area contributed by atoms with Gasteiger partial charge >= 0.3 is 0 Å². The van der Waals surface area contributed by atoms with Gasteiger partial charge in [0.1, 0.15) is 0 Å². The highest BCUT2D eigenvalue weighted by molar-refractivity contribution is 6.30. The standard InChI is InChI=1S/C19H32ClN/c1-4-5-6-7-8-9-18(15-21-14-16(2)3)17-10-12-19(20)13-11-17/h10-13,16,18,21H,4-9,14-15H2,1-3H3. The topological polar surface area (TPSA) is 12.0 Å². The van der Waals surface area contributed by atoms with Crippen molar-refractivity contribution in [3.8, 4) is 0 Å². The monoisotopic (exact) mass is 309 g/mol. The third-order valence-electron chi connectivity index (χ3n) is 3.94. The van der Waals surface area contributed by atoms with E-state index in [2.05, 4.69) is 38.2 Å². The fourth-order valence-corrected chi connectivity index (χ4v) is 2.79. The molecule has 2 heteroatoms. The number of nitrogens with one attached hydrogen (secondary N) is 1. The molecule has 120 valence electrons. The Morgan fingerprint density at radius 2 is 1.62 bits per heavy atom. The first-order valence-electron chi connectivity index (χ1n) is 8.59. The summed E-state index contributed by atoms with van der Waals surface area (Å²) in [6.45, 7) is 8.96. The summed E-state index contributed by atoms with van der Waals surface area (Å²) < 4.78 is 0. The van der Waals surface area contributed by atoms with Crippen LogP contribution in [0.4, 0.5) is 0 Å². The second-order valence-electron chi connectivity index (χ2n) is 6.50. The molecule has 0 fully saturated rings. The maximum Gasteiger partial charge on any atom is 0.0406 e. The van der Waals surface area contributed by atoms with E-state index in [0.29, 0.717) is 11.8 Å². The number of unbranched alkanes of at least 4 members (excludes halogenated alkanes) is 4. The van der Waals surface area contributed by atoms with Crippen LogP contribution in [0, 0.1) is 5.92 Å². The van der Waals surface area contributed by atoms with Crippen molar-refractivity contribution in [1.29, 1.82) is 0 Å². The summed E-state index contributed by atoms with van der Waals surface area (Å²) >= 11 is 6.01. The van der Waals surface area contributed by atoms with E-state index in [-0.39, 0.29) is 0 Å². The molecule has 1 atom stereocenters. The summed E-state index contributed by atoms with van der Waals surface area (Å²) in [4.78, 5) is 0. The number of halogens is 1. The van der Waals surface area contributed by atoms with E-state index in [1.807, 2.05) is 12.1 Å². The number of rotatable bonds is 11. The van der Waals surface area contributed by atoms with Crippen molar-refractivity contribution in [3.05, 3.63) is 34.9 Å². The van der Waals surface area contributed by atoms with Gasteiger partial charge in [-0.1, -0.05) is 76.6 Å². The van der Waals surface area contributed by atoms with Gasteiger partial charge in [-0.25, -0.2) is 0 Å². The van der Waals surface area contributed by atoms with Crippen LogP contribution in [0.2, 0.25) is 5.02 Å². The summed E-state index contributed by atoms with van der Waals surface area (Å²) in [7, 11) is 0. The maximum atomic E-state index is 6.01. The lowest BCUT2D eigenvalue weighted by Crippen LogP contribution is -2.25. The van der Waals surface area contributed by atoms with Crippen LogP contribution in [0.3, 0.4) is 0 Å². The molecule has 0 bridgehead atoms. The van der Waals surface area contributed by atoms with E-state index in [9.17, 15) is 0 Å². The molecule has 0 saturated heterocycles. The molecule has 21 heavy (non-hydrogen) atoms. The lowest BCUT2D eigenvalue weighted by molar-refractivity contribution is 0.481. The minimum atomic E-state index is 0.614. The highest BCUT2D eigenvalue weighted by Crippen LogP contribution is 2.24. The molecule has 0 amide bonds. The molecule has 0 radical (unpaired) electrons. The van der Waals surface area contributed by atoms with Crippen LogP contribution < -0.4 is 5.32 Å². The molecule has 0 aliphatic carbocycles. The molecule has 0 saturated carbocycles. The molecule has 1 nitrogen and oxygen atoms in total. The van der Waals surface area contributed by atoms with Crippen LogP contribution in [0.25, 0.3) is 0 Å². The van der Waals surface area contributed by atoms with Crippen molar-refractivity contribution in [2.45, 2.75) is 65.2 Å². The fraction of sp³-hybridized carbons (Fsp3) is 0.684. The molecule has 1 aromatic carbocycles. The van der Waals surface area contributed by atoms with E-state index in [4.69, 9.17) is 11.6 Å². The van der Waals surface area contributed by atoms with Gasteiger partial charge in [0.25, 0.3) is 0 Å². The van der Waals surface area contributed by atoms with E-state index in [1.165, 1.54) is 44.1 Å². The summed E-state index contributed by atoms with van der Waals surface area (Å²) in [5, 5.41) is 4.45. The lowest BCUT2D eigenvalue weighted by Gasteiger charge is -2.19. The van der Waals surface area contributed by atoms with E-state index in [0.717, 1.165) is 18.1 Å². The molecule has 0 heterocycles. The Morgan fingerprint density at radius 1 is 0.952 bits per heavy atom. The second kappa shape index (κ2) is 11.1. The van der Waals surface area contributed by atoms with Crippen LogP contribution in [-0.2, 0) is 0 Å². The van der Waals surface area contributed by atoms with Crippen molar-refractivity contribution in [2.24, 2.45) is 5.92 Å². The van der Waals surface area contributed by atoms with Gasteiger partial charge < -0.3 is 5.32 Å². The predicted molar refractivity (Wildman–Crippen MR) is 95.3 cm³/mol. The quantitative estimate of drug-likeness (QED) is 0.492. The van der Waals surface area contributed by atoms with Crippen molar-refractivity contribution in [1.82, 2.24) is 5.32 Å². The zero-order valence-corrected chi connectivity index (χ0v) is 14.8. The first kappa shape index (κ1) is 18.5. The Bertz CT molecular complexity index is 358. The Labute approximate surface area is 136 Å². The molecule has 1 aromatic rings. The third kappa shape index (κ3) is 8.48. The molecule has 0 spiro atoms. The Morgan fingerprint density at radius 3 is 2.24 bits per heavy atom. The maximum absolute atomic E-state index is 6.01. The second-order valence-corrected chi connectivity index (χ2v) is 6.94. The highest BCUT2D eigenvalue weighted by atomic mass is 35.5. The summed E-state index contributed by atoms with van der Waals surface area (Å²) in [5.74, 6) is 1.32. The van der Waals surface area contributed by atoms with E-state index in [1.54, 1.807) is 0 Å². The van der Waals surface area contributed by atoms with Crippen LogP contribution in [0.5, 0.6) is 0 Å². The Kier molecular flexibility index (Phi) is 9.78. The van der Waals surface area contributed by atoms with E-state index >= 15 is 0 Å². The van der Waals surface area contributed by atoms with Gasteiger partial charge in [0, 0.05) is 11.6 Å². The van der Waals surface area contributed by atoms with Gasteiger partial charge in [-0.05, 0) is 42.5 Å². The van der Waals surface area contributed by atoms with Crippen LogP contribution >= 0.6 is 11.6 Å². The predicted octanol–water partition coefficient (Wildman–Crippen LogP) is 6.03. The fourth-order valence-electron chi connectivity index (χ4n) is 2.66. The summed E-state index contributed by atoms with van der Waals surface area (Å²) in [6, 6.07) is 8.42. The van der Waals surface area contributed by atoms with E-state index < -0.39 is 0 Å². The van der Waals surface area contributed by atoms with Crippen LogP contribution in [0.1, 0.15) is 70.8 Å². The highest BCUT2D eigenvalue weighted by Gasteiger charge is 2.11. The molecule has 1 N–H and O–H groups in total. The lowest BCUT2D eigenvalue weighted by atomic mass is 9.92. The van der Waals surface area contributed by atoms with Crippen LogP contribution in [-0.4, -0.2) is 13.1 Å². The van der Waals surface area contributed by atoms with Gasteiger partial charge in [-0.2, -0.15) is 0 Å². The summed E-state index contributed by atoms with van der Waals surface area (Å²) in [5.41, 5.74) is 1.42. The molecule has 0 aromatic heterocycles. The Balaban J connectivity index is 2.46. The molecular formula is C19H32ClN. The zero-order valence-electron chi connectivity index (χ0n) is 14.0. The van der Waals surface area contributed by atoms with Crippen molar-refractivity contribution in [3.63, 3.8) is 0 Å². The largest absolute Gasteiger partial charge is 0.316 e. The number of benzene rings is 1. The first-order valence-corrected chi connectivity index (χ1v) is 8.97. The van der Waals surface area contributed by atoms with Crippen molar-refractivity contribution < 1.29 is 0 Å². The molecule has 0 aliphatic heterocycles. The van der Waals surface area contributed by atoms with Gasteiger partial charge in [-0.3, -0.25) is 0 Å². The molecule has 1 unspecified atom stereocenters. The van der Waals surface area contributed by atoms with Crippen molar-refractivity contribution >= 4 is 11.6 Å². The number of hydrogen-bond donors (Lipinski definition) is 1. The zero-order chi connectivity index (χ0) is 15.5. The SMILES string of the molecule is CCCCCCCC(CNCC(C)C)c1ccc(Cl)cc1. The van der Waals surface area contributed by atoms with Gasteiger partial charge in [-0.15, -0.1) is 0 Å². The smallest absolute Gasteiger partial charge is 0.0406 e. The van der Waals surface area contributed by atoms with Gasteiger partial charge in [0.05, 0.1) is 0 Å². The average molecular weight is 310 g/mol. The van der Waals surface area contributed by atoms with Crippen molar-refractivity contribution in [2.75, 3.05) is 13.1 Å². The molecular weight excluding hydrogens is 278 g/mol. The Hall–Kier alpha value is -0.530. The van der Waals surface area contributed by atoms with Gasteiger partial charge in [0.15, 0.2) is 0 Å². The summed E-state index contributed by atoms with van der Waals surface area (Å²) in [6.07, 6.45) is 8.03. The van der Waals surface area contributed by atoms with Crippen LogP contribution in [0.15, 0.2) is 24.3 Å². The minimum Gasteiger partial charge on any atom is -0.316 e. The molecule has 0 aliphatic rings. The average Bonchev–Trinajstić information content (AvgIpc) is 2.46. The minimum absolute atomic E-state index is 0.614.